The Labute approximate surface area is 121 Å². The minimum atomic E-state index is -0.951. The van der Waals surface area contributed by atoms with E-state index in [0.717, 1.165) is 9.35 Å². The number of carbonyl (C=O) groups is 2. The summed E-state index contributed by atoms with van der Waals surface area (Å²) in [5.74, 6) is -0.0766. The molecule has 5 nitrogen and oxygen atoms in total. The van der Waals surface area contributed by atoms with E-state index in [4.69, 9.17) is 5.11 Å². The van der Waals surface area contributed by atoms with Crippen molar-refractivity contribution in [3.63, 3.8) is 0 Å². The third-order valence-electron chi connectivity index (χ3n) is 2.52. The van der Waals surface area contributed by atoms with Crippen molar-refractivity contribution in [1.29, 1.82) is 0 Å². The first-order chi connectivity index (χ1) is 8.59. The van der Waals surface area contributed by atoms with E-state index >= 15 is 0 Å². The van der Waals surface area contributed by atoms with Crippen LogP contribution < -0.4 is 5.32 Å². The summed E-state index contributed by atoms with van der Waals surface area (Å²) in [7, 11) is 0. The molecule has 1 aliphatic heterocycles. The number of hydrogen-bond donors (Lipinski definition) is 2. The standard InChI is InChI=1S/C10H11BrN2O3S2/c11-6-1-2-18-8(6)3-12-10(16)13-5-17-4-7(13)9(14)15/h1-2,7H,3-5H2,(H,12,16)(H,14,15). The van der Waals surface area contributed by atoms with E-state index in [9.17, 15) is 9.59 Å². The highest BCUT2D eigenvalue weighted by Crippen LogP contribution is 2.23. The minimum absolute atomic E-state index is 0.326. The summed E-state index contributed by atoms with van der Waals surface area (Å²) < 4.78 is 0.957. The lowest BCUT2D eigenvalue weighted by Gasteiger charge is -2.20. The number of aliphatic carboxylic acids is 1. The highest BCUT2D eigenvalue weighted by molar-refractivity contribution is 9.10. The number of amides is 2. The third-order valence-corrected chi connectivity index (χ3v) is 5.46. The van der Waals surface area contributed by atoms with Crippen LogP contribution in [-0.4, -0.2) is 39.7 Å². The van der Waals surface area contributed by atoms with Gasteiger partial charge in [0.2, 0.25) is 0 Å². The maximum Gasteiger partial charge on any atom is 0.327 e. The van der Waals surface area contributed by atoms with Crippen LogP contribution in [0.1, 0.15) is 4.88 Å². The SMILES string of the molecule is O=C(O)C1CSCN1C(=O)NCc1sccc1Br. The van der Waals surface area contributed by atoms with Crippen LogP contribution in [0.2, 0.25) is 0 Å². The van der Waals surface area contributed by atoms with Crippen LogP contribution >= 0.6 is 39.0 Å². The summed E-state index contributed by atoms with van der Waals surface area (Å²) in [6.45, 7) is 0.407. The number of thioether (sulfide) groups is 1. The van der Waals surface area contributed by atoms with Gasteiger partial charge < -0.3 is 15.3 Å². The molecule has 0 aromatic carbocycles. The van der Waals surface area contributed by atoms with Gasteiger partial charge in [-0.1, -0.05) is 0 Å². The van der Waals surface area contributed by atoms with Crippen molar-refractivity contribution in [2.75, 3.05) is 11.6 Å². The Balaban J connectivity index is 1.92. The van der Waals surface area contributed by atoms with Gasteiger partial charge >= 0.3 is 12.0 Å². The smallest absolute Gasteiger partial charge is 0.327 e. The molecule has 0 bridgehead atoms. The summed E-state index contributed by atoms with van der Waals surface area (Å²) in [4.78, 5) is 25.2. The Kier molecular flexibility index (Phi) is 4.52. The molecule has 18 heavy (non-hydrogen) atoms. The van der Waals surface area contributed by atoms with Crippen molar-refractivity contribution >= 4 is 51.0 Å². The zero-order chi connectivity index (χ0) is 13.1. The van der Waals surface area contributed by atoms with Crippen LogP contribution in [0.25, 0.3) is 0 Å². The molecule has 2 rings (SSSR count). The molecule has 1 fully saturated rings. The van der Waals surface area contributed by atoms with Gasteiger partial charge in [0.05, 0.1) is 12.4 Å². The largest absolute Gasteiger partial charge is 0.480 e. The number of hydrogen-bond acceptors (Lipinski definition) is 4. The number of rotatable bonds is 3. The van der Waals surface area contributed by atoms with E-state index in [1.165, 1.54) is 28.0 Å². The molecule has 1 unspecified atom stereocenters. The zero-order valence-corrected chi connectivity index (χ0v) is 12.5. The summed E-state index contributed by atoms with van der Waals surface area (Å²) in [6.07, 6.45) is 0. The van der Waals surface area contributed by atoms with Crippen molar-refractivity contribution in [3.8, 4) is 0 Å². The van der Waals surface area contributed by atoms with Gasteiger partial charge in [0, 0.05) is 15.1 Å². The fraction of sp³-hybridized carbons (Fsp3) is 0.400. The van der Waals surface area contributed by atoms with Crippen LogP contribution in [0.4, 0.5) is 4.79 Å². The van der Waals surface area contributed by atoms with Gasteiger partial charge in [-0.25, -0.2) is 9.59 Å². The van der Waals surface area contributed by atoms with Gasteiger partial charge in [0.1, 0.15) is 6.04 Å². The molecular weight excluding hydrogens is 340 g/mol. The number of urea groups is 1. The third kappa shape index (κ3) is 2.99. The van der Waals surface area contributed by atoms with E-state index in [0.29, 0.717) is 18.2 Å². The molecule has 0 radical (unpaired) electrons. The number of nitrogens with one attached hydrogen (secondary N) is 1. The Morgan fingerprint density at radius 1 is 1.61 bits per heavy atom. The van der Waals surface area contributed by atoms with Gasteiger partial charge in [-0.05, 0) is 27.4 Å². The van der Waals surface area contributed by atoms with Crippen LogP contribution in [0.5, 0.6) is 0 Å². The Morgan fingerprint density at radius 2 is 2.39 bits per heavy atom. The van der Waals surface area contributed by atoms with Crippen molar-refractivity contribution in [2.24, 2.45) is 0 Å². The van der Waals surface area contributed by atoms with E-state index < -0.39 is 12.0 Å². The first kappa shape index (κ1) is 13.7. The van der Waals surface area contributed by atoms with Gasteiger partial charge in [0.15, 0.2) is 0 Å². The van der Waals surface area contributed by atoms with Gasteiger partial charge in [-0.3, -0.25) is 0 Å². The number of halogens is 1. The lowest BCUT2D eigenvalue weighted by Crippen LogP contribution is -2.46. The Morgan fingerprint density at radius 3 is 3.00 bits per heavy atom. The van der Waals surface area contributed by atoms with Crippen LogP contribution in [0, 0.1) is 0 Å². The van der Waals surface area contributed by atoms with Crippen molar-refractivity contribution < 1.29 is 14.7 Å². The van der Waals surface area contributed by atoms with Crippen molar-refractivity contribution in [1.82, 2.24) is 10.2 Å². The summed E-state index contributed by atoms with van der Waals surface area (Å²) in [5.41, 5.74) is 0. The second kappa shape index (κ2) is 5.94. The van der Waals surface area contributed by atoms with Crippen LogP contribution in [0.3, 0.4) is 0 Å². The fourth-order valence-electron chi connectivity index (χ4n) is 1.56. The Hall–Kier alpha value is -0.730. The lowest BCUT2D eigenvalue weighted by atomic mass is 10.3. The predicted octanol–water partition coefficient (Wildman–Crippen LogP) is 2.18. The fourth-order valence-corrected chi connectivity index (χ4v) is 4.13. The average Bonchev–Trinajstić information content (AvgIpc) is 2.94. The quantitative estimate of drug-likeness (QED) is 0.876. The highest BCUT2D eigenvalue weighted by Gasteiger charge is 2.34. The second-order valence-electron chi connectivity index (χ2n) is 3.67. The molecule has 1 saturated heterocycles. The highest BCUT2D eigenvalue weighted by atomic mass is 79.9. The molecule has 8 heteroatoms. The van der Waals surface area contributed by atoms with E-state index in [1.807, 2.05) is 11.4 Å². The molecule has 1 atom stereocenters. The first-order valence-corrected chi connectivity index (χ1v) is 7.99. The molecule has 0 aliphatic carbocycles. The number of carboxylic acid groups (broad SMARTS) is 1. The molecule has 0 saturated carbocycles. The number of nitrogens with zero attached hydrogens (tertiary/aromatic N) is 1. The molecular formula is C10H11BrN2O3S2. The summed E-state index contributed by atoms with van der Waals surface area (Å²) in [5, 5.41) is 13.7. The van der Waals surface area contributed by atoms with Crippen molar-refractivity contribution in [2.45, 2.75) is 12.6 Å². The first-order valence-electron chi connectivity index (χ1n) is 5.16. The van der Waals surface area contributed by atoms with Gasteiger partial charge in [-0.2, -0.15) is 0 Å². The van der Waals surface area contributed by atoms with Crippen LogP contribution in [-0.2, 0) is 11.3 Å². The zero-order valence-electron chi connectivity index (χ0n) is 9.26. The summed E-state index contributed by atoms with van der Waals surface area (Å²) >= 11 is 6.37. The predicted molar refractivity (Wildman–Crippen MR) is 74.8 cm³/mol. The lowest BCUT2D eigenvalue weighted by molar-refractivity contribution is -0.140. The normalized spacial score (nSPS) is 18.9. The number of carboxylic acids is 1. The molecule has 2 N–H and O–H groups in total. The Bertz CT molecular complexity index is 466. The van der Waals surface area contributed by atoms with Gasteiger partial charge in [0.25, 0.3) is 0 Å². The average molecular weight is 351 g/mol. The maximum atomic E-state index is 11.9. The van der Waals surface area contributed by atoms with Crippen LogP contribution in [0.15, 0.2) is 15.9 Å². The molecule has 2 amide bonds. The van der Waals surface area contributed by atoms with Crippen molar-refractivity contribution in [3.05, 3.63) is 20.8 Å². The molecule has 2 heterocycles. The molecule has 1 aliphatic rings. The molecule has 1 aromatic heterocycles. The molecule has 98 valence electrons. The van der Waals surface area contributed by atoms with E-state index in [1.54, 1.807) is 0 Å². The van der Waals surface area contributed by atoms with E-state index in [2.05, 4.69) is 21.2 Å². The monoisotopic (exact) mass is 350 g/mol. The topological polar surface area (TPSA) is 69.6 Å². The second-order valence-corrected chi connectivity index (χ2v) is 6.53. The van der Waals surface area contributed by atoms with E-state index in [-0.39, 0.29) is 6.03 Å². The maximum absolute atomic E-state index is 11.9. The van der Waals surface area contributed by atoms with Gasteiger partial charge in [-0.15, -0.1) is 23.1 Å². The minimum Gasteiger partial charge on any atom is -0.480 e. The number of carbonyl (C=O) groups excluding carboxylic acids is 1. The number of thiophene rings is 1. The molecule has 0 spiro atoms. The summed E-state index contributed by atoms with van der Waals surface area (Å²) in [6, 6.07) is 0.868. The molecule has 1 aromatic rings.